The summed E-state index contributed by atoms with van der Waals surface area (Å²) < 4.78 is 24.3. The fourth-order valence-electron chi connectivity index (χ4n) is 4.59. The number of hydrogen-bond donors (Lipinski definition) is 1. The van der Waals surface area contributed by atoms with Gasteiger partial charge in [-0.15, -0.1) is 0 Å². The van der Waals surface area contributed by atoms with E-state index in [0.29, 0.717) is 40.5 Å². The SMILES string of the molecule is [B][C@]1(C)Oc2cc(cnc2NC(C)=O)-c2c(c(Cl)nn2CC)Cc2cn(C)nc2-c2ccc(F)cc21. The number of aryl methyl sites for hydroxylation is 2. The molecule has 2 radical (unpaired) electrons. The summed E-state index contributed by atoms with van der Waals surface area (Å²) in [7, 11) is 8.51. The van der Waals surface area contributed by atoms with Crippen LogP contribution >= 0.6 is 11.6 Å². The van der Waals surface area contributed by atoms with Gasteiger partial charge in [0.1, 0.15) is 13.7 Å². The fraction of sp³-hybridized carbons (Fsp3) is 0.280. The van der Waals surface area contributed by atoms with Gasteiger partial charge in [-0.25, -0.2) is 9.37 Å². The molecule has 0 spiro atoms. The van der Waals surface area contributed by atoms with Crippen molar-refractivity contribution in [3.8, 4) is 28.3 Å². The van der Waals surface area contributed by atoms with E-state index in [1.807, 2.05) is 20.2 Å². The number of rotatable bonds is 2. The van der Waals surface area contributed by atoms with Crippen molar-refractivity contribution < 1.29 is 13.9 Å². The first-order valence-corrected chi connectivity index (χ1v) is 11.8. The highest BCUT2D eigenvalue weighted by atomic mass is 35.5. The zero-order chi connectivity index (χ0) is 25.8. The summed E-state index contributed by atoms with van der Waals surface area (Å²) in [6.07, 6.45) is 3.94. The molecule has 0 unspecified atom stereocenters. The maximum atomic E-state index is 14.5. The van der Waals surface area contributed by atoms with Gasteiger partial charge in [-0.3, -0.25) is 14.2 Å². The zero-order valence-electron chi connectivity index (χ0n) is 20.3. The number of pyridine rings is 1. The second-order valence-electron chi connectivity index (χ2n) is 8.94. The van der Waals surface area contributed by atoms with Crippen LogP contribution in [0.3, 0.4) is 0 Å². The first-order valence-electron chi connectivity index (χ1n) is 11.4. The molecule has 3 aromatic heterocycles. The van der Waals surface area contributed by atoms with E-state index in [0.717, 1.165) is 16.8 Å². The number of benzene rings is 1. The van der Waals surface area contributed by atoms with Crippen LogP contribution in [-0.4, -0.2) is 38.3 Å². The number of anilines is 1. The summed E-state index contributed by atoms with van der Waals surface area (Å²) >= 11 is 6.65. The second-order valence-corrected chi connectivity index (χ2v) is 9.30. The van der Waals surface area contributed by atoms with Crippen molar-refractivity contribution in [2.75, 3.05) is 5.32 Å². The lowest BCUT2D eigenvalue weighted by molar-refractivity contribution is -0.114. The van der Waals surface area contributed by atoms with E-state index < -0.39 is 11.3 Å². The van der Waals surface area contributed by atoms with E-state index in [1.165, 1.54) is 19.1 Å². The molecule has 1 amide bonds. The Morgan fingerprint density at radius 3 is 2.83 bits per heavy atom. The van der Waals surface area contributed by atoms with E-state index in [9.17, 15) is 9.18 Å². The number of ether oxygens (including phenoxy) is 1. The molecule has 1 aliphatic heterocycles. The summed E-state index contributed by atoms with van der Waals surface area (Å²) in [6, 6.07) is 6.06. The van der Waals surface area contributed by atoms with Crippen molar-refractivity contribution in [2.24, 2.45) is 7.05 Å². The van der Waals surface area contributed by atoms with E-state index in [-0.39, 0.29) is 17.5 Å². The number of amides is 1. The Labute approximate surface area is 213 Å². The van der Waals surface area contributed by atoms with Crippen LogP contribution in [-0.2, 0) is 30.3 Å². The molecule has 0 fully saturated rings. The van der Waals surface area contributed by atoms with Gasteiger partial charge < -0.3 is 10.1 Å². The van der Waals surface area contributed by atoms with E-state index >= 15 is 0 Å². The predicted molar refractivity (Wildman–Crippen MR) is 136 cm³/mol. The molecule has 0 saturated heterocycles. The van der Waals surface area contributed by atoms with Crippen molar-refractivity contribution in [2.45, 2.75) is 39.2 Å². The van der Waals surface area contributed by atoms with E-state index in [1.54, 1.807) is 34.6 Å². The Bertz CT molecular complexity index is 1510. The zero-order valence-corrected chi connectivity index (χ0v) is 21.0. The summed E-state index contributed by atoms with van der Waals surface area (Å²) in [4.78, 5) is 16.3. The number of carbonyl (C=O) groups excluding carboxylic acids is 1. The highest BCUT2D eigenvalue weighted by molar-refractivity contribution is 6.30. The topological polar surface area (TPSA) is 86.9 Å². The van der Waals surface area contributed by atoms with Crippen LogP contribution in [0, 0.1) is 5.82 Å². The largest absolute Gasteiger partial charge is 0.489 e. The lowest BCUT2D eigenvalue weighted by atomic mass is 9.74. The number of nitrogens with zero attached hydrogens (tertiary/aromatic N) is 5. The lowest BCUT2D eigenvalue weighted by Crippen LogP contribution is -2.31. The molecule has 0 aliphatic carbocycles. The van der Waals surface area contributed by atoms with Crippen molar-refractivity contribution >= 4 is 31.2 Å². The molecule has 1 aliphatic rings. The van der Waals surface area contributed by atoms with Gasteiger partial charge in [0, 0.05) is 61.6 Å². The second kappa shape index (κ2) is 8.78. The van der Waals surface area contributed by atoms with E-state index in [2.05, 4.69) is 20.5 Å². The van der Waals surface area contributed by atoms with Crippen LogP contribution in [0.1, 0.15) is 37.5 Å². The smallest absolute Gasteiger partial charge is 0.222 e. The number of carbonyl (C=O) groups is 1. The Balaban J connectivity index is 1.86. The molecule has 36 heavy (non-hydrogen) atoms. The Kier molecular flexibility index (Phi) is 5.87. The molecule has 4 aromatic rings. The highest BCUT2D eigenvalue weighted by Gasteiger charge is 2.31. The van der Waals surface area contributed by atoms with Gasteiger partial charge in [-0.2, -0.15) is 10.2 Å². The van der Waals surface area contributed by atoms with Crippen molar-refractivity contribution in [1.82, 2.24) is 24.5 Å². The molecule has 0 saturated carbocycles. The lowest BCUT2D eigenvalue weighted by Gasteiger charge is -2.31. The number of aromatic nitrogens is 5. The number of hydrogen-bond acceptors (Lipinski definition) is 5. The molecular formula is C25H23BClFN6O2. The summed E-state index contributed by atoms with van der Waals surface area (Å²) in [5.41, 5.74) is 3.21. The first-order chi connectivity index (χ1) is 17.1. The molecule has 182 valence electrons. The standard InChI is InChI=1S/C25H23BClFN6O2/c1-5-34-22-14-9-20(24(29-11-14)30-13(2)35)36-25(3,26)19-10-16(28)6-7-17(19)21-15(12-33(4)31-21)8-18(22)23(27)32-34/h6-7,9-12H,5,8H2,1-4H3,(H,29,30,35)/t25-/m1/s1. The molecule has 1 atom stereocenters. The van der Waals surface area contributed by atoms with Gasteiger partial charge in [-0.05, 0) is 43.7 Å². The predicted octanol–water partition coefficient (Wildman–Crippen LogP) is 4.44. The van der Waals surface area contributed by atoms with E-state index in [4.69, 9.17) is 24.2 Å². The third-order valence-electron chi connectivity index (χ3n) is 6.09. The molecule has 8 nitrogen and oxygen atoms in total. The van der Waals surface area contributed by atoms with Gasteiger partial charge in [0.15, 0.2) is 16.7 Å². The van der Waals surface area contributed by atoms with Crippen molar-refractivity contribution in [1.29, 1.82) is 0 Å². The molecule has 4 heterocycles. The third-order valence-corrected chi connectivity index (χ3v) is 6.39. The van der Waals surface area contributed by atoms with Crippen LogP contribution in [0.2, 0.25) is 5.15 Å². The molecule has 11 heteroatoms. The van der Waals surface area contributed by atoms with Gasteiger partial charge in [0.25, 0.3) is 0 Å². The van der Waals surface area contributed by atoms with Gasteiger partial charge >= 0.3 is 0 Å². The summed E-state index contributed by atoms with van der Waals surface area (Å²) in [6.45, 7) is 5.53. The number of fused-ring (bicyclic) bond motifs is 7. The summed E-state index contributed by atoms with van der Waals surface area (Å²) in [5, 5.41) is 12.2. The van der Waals surface area contributed by atoms with Crippen LogP contribution in [0.4, 0.5) is 10.2 Å². The first kappa shape index (κ1) is 24.1. The van der Waals surface area contributed by atoms with Gasteiger partial charge in [0.2, 0.25) is 5.91 Å². The molecule has 1 aromatic carbocycles. The minimum absolute atomic E-state index is 0.187. The number of halogens is 2. The molecule has 2 bridgehead atoms. The van der Waals surface area contributed by atoms with Crippen LogP contribution < -0.4 is 10.1 Å². The monoisotopic (exact) mass is 504 g/mol. The van der Waals surface area contributed by atoms with Crippen molar-refractivity contribution in [3.63, 3.8) is 0 Å². The maximum Gasteiger partial charge on any atom is 0.222 e. The average molecular weight is 505 g/mol. The van der Waals surface area contributed by atoms with Gasteiger partial charge in [0.05, 0.1) is 16.9 Å². The van der Waals surface area contributed by atoms with Crippen LogP contribution in [0.15, 0.2) is 36.7 Å². The quantitative estimate of drug-likeness (QED) is 0.408. The fourth-order valence-corrected chi connectivity index (χ4v) is 4.84. The highest BCUT2D eigenvalue weighted by Crippen LogP contribution is 2.41. The normalized spacial score (nSPS) is 16.6. The third kappa shape index (κ3) is 4.15. The Hall–Kier alpha value is -3.66. The molecular weight excluding hydrogens is 482 g/mol. The summed E-state index contributed by atoms with van der Waals surface area (Å²) in [5.74, 6) is -0.392. The Morgan fingerprint density at radius 1 is 1.33 bits per heavy atom. The van der Waals surface area contributed by atoms with Crippen LogP contribution in [0.5, 0.6) is 5.75 Å². The molecule has 1 N–H and O–H groups in total. The minimum atomic E-state index is -1.51. The van der Waals surface area contributed by atoms with Crippen LogP contribution in [0.25, 0.3) is 22.5 Å². The van der Waals surface area contributed by atoms with Gasteiger partial charge in [-0.1, -0.05) is 11.6 Å². The minimum Gasteiger partial charge on any atom is -0.489 e. The average Bonchev–Trinajstić information content (AvgIpc) is 3.33. The maximum absolute atomic E-state index is 14.5. The van der Waals surface area contributed by atoms with Crippen molar-refractivity contribution in [3.05, 3.63) is 64.3 Å². The molecule has 5 rings (SSSR count). The number of nitrogens with one attached hydrogen (secondary N) is 1. The Morgan fingerprint density at radius 2 is 2.11 bits per heavy atom.